The molecule has 0 aliphatic carbocycles. The monoisotopic (exact) mass is 296 g/mol. The molecule has 0 aromatic heterocycles. The highest BCUT2D eigenvalue weighted by Crippen LogP contribution is 2.25. The molecule has 0 amide bonds. The van der Waals surface area contributed by atoms with Crippen molar-refractivity contribution in [3.05, 3.63) is 59.7 Å². The zero-order chi connectivity index (χ0) is 15.4. The quantitative estimate of drug-likeness (QED) is 0.671. The second-order valence-electron chi connectivity index (χ2n) is 6.29. The third-order valence-electron chi connectivity index (χ3n) is 4.59. The molecule has 0 unspecified atom stereocenters. The molecule has 22 heavy (non-hydrogen) atoms. The van der Waals surface area contributed by atoms with Crippen LogP contribution in [0.3, 0.4) is 0 Å². The van der Waals surface area contributed by atoms with Crippen LogP contribution in [-0.2, 0) is 13.0 Å². The molecule has 3 heteroatoms. The van der Waals surface area contributed by atoms with Gasteiger partial charge < -0.3 is 10.8 Å². The minimum Gasteiger partial charge on any atom is -0.508 e. The largest absolute Gasteiger partial charge is 0.508 e. The van der Waals surface area contributed by atoms with Gasteiger partial charge in [-0.1, -0.05) is 30.3 Å². The standard InChI is InChI=1S/C19H24N2O/c20-19-7-6-18(22)13-17(19)14-21-10-8-16(9-11-21)12-15-4-2-1-3-5-15/h1-7,13,16,22H,8-12,14,20H2. The van der Waals surface area contributed by atoms with Gasteiger partial charge in [0.1, 0.15) is 5.75 Å². The summed E-state index contributed by atoms with van der Waals surface area (Å²) in [4.78, 5) is 2.44. The minimum atomic E-state index is 0.295. The summed E-state index contributed by atoms with van der Waals surface area (Å²) in [5.41, 5.74) is 9.24. The molecule has 0 spiro atoms. The fraction of sp³-hybridized carbons (Fsp3) is 0.368. The van der Waals surface area contributed by atoms with Gasteiger partial charge in [0.15, 0.2) is 0 Å². The molecule has 116 valence electrons. The molecule has 0 atom stereocenters. The Balaban J connectivity index is 1.52. The van der Waals surface area contributed by atoms with Crippen molar-refractivity contribution in [2.24, 2.45) is 5.92 Å². The van der Waals surface area contributed by atoms with Gasteiger partial charge in [0.05, 0.1) is 0 Å². The summed E-state index contributed by atoms with van der Waals surface area (Å²) in [5, 5.41) is 9.60. The fourth-order valence-corrected chi connectivity index (χ4v) is 3.27. The Morgan fingerprint density at radius 3 is 2.50 bits per heavy atom. The van der Waals surface area contributed by atoms with E-state index in [1.807, 2.05) is 0 Å². The first-order valence-corrected chi connectivity index (χ1v) is 8.04. The smallest absolute Gasteiger partial charge is 0.116 e. The lowest BCUT2D eigenvalue weighted by atomic mass is 9.90. The van der Waals surface area contributed by atoms with Crippen LogP contribution in [0, 0.1) is 5.92 Å². The Hall–Kier alpha value is -2.00. The van der Waals surface area contributed by atoms with Crippen molar-refractivity contribution >= 4 is 5.69 Å². The number of nitrogens with zero attached hydrogens (tertiary/aromatic N) is 1. The normalized spacial score (nSPS) is 16.7. The summed E-state index contributed by atoms with van der Waals surface area (Å²) >= 11 is 0. The van der Waals surface area contributed by atoms with Gasteiger partial charge in [-0.2, -0.15) is 0 Å². The van der Waals surface area contributed by atoms with Gasteiger partial charge in [-0.15, -0.1) is 0 Å². The molecular weight excluding hydrogens is 272 g/mol. The molecule has 1 saturated heterocycles. The number of hydrogen-bond donors (Lipinski definition) is 2. The van der Waals surface area contributed by atoms with E-state index in [0.29, 0.717) is 5.75 Å². The highest BCUT2D eigenvalue weighted by atomic mass is 16.3. The molecule has 2 aromatic rings. The van der Waals surface area contributed by atoms with Crippen LogP contribution in [-0.4, -0.2) is 23.1 Å². The Kier molecular flexibility index (Phi) is 4.64. The van der Waals surface area contributed by atoms with Crippen molar-refractivity contribution < 1.29 is 5.11 Å². The van der Waals surface area contributed by atoms with E-state index in [1.54, 1.807) is 18.2 Å². The lowest BCUT2D eigenvalue weighted by Gasteiger charge is -2.32. The first-order chi connectivity index (χ1) is 10.7. The van der Waals surface area contributed by atoms with Crippen molar-refractivity contribution in [1.82, 2.24) is 4.90 Å². The van der Waals surface area contributed by atoms with Crippen molar-refractivity contribution in [2.45, 2.75) is 25.8 Å². The number of phenolic OH excluding ortho intramolecular Hbond substituents is 1. The van der Waals surface area contributed by atoms with Crippen molar-refractivity contribution in [3.8, 4) is 5.75 Å². The Morgan fingerprint density at radius 1 is 1.05 bits per heavy atom. The van der Waals surface area contributed by atoms with Crippen molar-refractivity contribution in [3.63, 3.8) is 0 Å². The van der Waals surface area contributed by atoms with E-state index in [0.717, 1.165) is 36.8 Å². The zero-order valence-corrected chi connectivity index (χ0v) is 12.9. The van der Waals surface area contributed by atoms with Gasteiger partial charge >= 0.3 is 0 Å². The summed E-state index contributed by atoms with van der Waals surface area (Å²) in [7, 11) is 0. The Bertz CT molecular complexity index is 604. The number of aromatic hydroxyl groups is 1. The number of likely N-dealkylation sites (tertiary alicyclic amines) is 1. The third-order valence-corrected chi connectivity index (χ3v) is 4.59. The highest BCUT2D eigenvalue weighted by molar-refractivity contribution is 5.50. The van der Waals surface area contributed by atoms with Gasteiger partial charge in [-0.3, -0.25) is 4.90 Å². The van der Waals surface area contributed by atoms with Gasteiger partial charge in [-0.25, -0.2) is 0 Å². The molecule has 3 N–H and O–H groups in total. The molecule has 1 aliphatic heterocycles. The number of anilines is 1. The highest BCUT2D eigenvalue weighted by Gasteiger charge is 2.20. The maximum Gasteiger partial charge on any atom is 0.116 e. The predicted octanol–water partition coefficient (Wildman–Crippen LogP) is 3.43. The average Bonchev–Trinajstić information content (AvgIpc) is 2.54. The van der Waals surface area contributed by atoms with Crippen LogP contribution >= 0.6 is 0 Å². The number of rotatable bonds is 4. The summed E-state index contributed by atoms with van der Waals surface area (Å²) in [5.74, 6) is 1.07. The summed E-state index contributed by atoms with van der Waals surface area (Å²) in [6, 6.07) is 16.0. The molecule has 1 aliphatic rings. The molecule has 2 aromatic carbocycles. The number of benzene rings is 2. The molecule has 1 fully saturated rings. The van der Waals surface area contributed by atoms with E-state index >= 15 is 0 Å². The predicted molar refractivity (Wildman–Crippen MR) is 90.7 cm³/mol. The van der Waals surface area contributed by atoms with Gasteiger partial charge in [0, 0.05) is 12.2 Å². The van der Waals surface area contributed by atoms with Gasteiger partial charge in [0.2, 0.25) is 0 Å². The van der Waals surface area contributed by atoms with Crippen LogP contribution in [0.5, 0.6) is 5.75 Å². The van der Waals surface area contributed by atoms with Crippen LogP contribution in [0.4, 0.5) is 5.69 Å². The third kappa shape index (κ3) is 3.80. The molecule has 0 bridgehead atoms. The molecule has 1 heterocycles. The maximum atomic E-state index is 9.60. The fourth-order valence-electron chi connectivity index (χ4n) is 3.27. The van der Waals surface area contributed by atoms with E-state index in [4.69, 9.17) is 5.73 Å². The van der Waals surface area contributed by atoms with Gasteiger partial charge in [0.25, 0.3) is 0 Å². The average molecular weight is 296 g/mol. The first kappa shape index (κ1) is 14.9. The van der Waals surface area contributed by atoms with Gasteiger partial charge in [-0.05, 0) is 67.6 Å². The lowest BCUT2D eigenvalue weighted by molar-refractivity contribution is 0.177. The second kappa shape index (κ2) is 6.84. The second-order valence-corrected chi connectivity index (χ2v) is 6.29. The maximum absolute atomic E-state index is 9.60. The number of nitrogen functional groups attached to an aromatic ring is 1. The first-order valence-electron chi connectivity index (χ1n) is 8.04. The molecular formula is C19H24N2O. The Morgan fingerprint density at radius 2 is 1.77 bits per heavy atom. The van der Waals surface area contributed by atoms with Crippen LogP contribution in [0.15, 0.2) is 48.5 Å². The SMILES string of the molecule is Nc1ccc(O)cc1CN1CCC(Cc2ccccc2)CC1. The van der Waals surface area contributed by atoms with Crippen LogP contribution in [0.2, 0.25) is 0 Å². The molecule has 0 saturated carbocycles. The number of piperidine rings is 1. The van der Waals surface area contributed by atoms with E-state index in [9.17, 15) is 5.11 Å². The van der Waals surface area contributed by atoms with Crippen molar-refractivity contribution in [1.29, 1.82) is 0 Å². The summed E-state index contributed by atoms with van der Waals surface area (Å²) in [6.07, 6.45) is 3.64. The summed E-state index contributed by atoms with van der Waals surface area (Å²) in [6.45, 7) is 3.04. The number of hydrogen-bond acceptors (Lipinski definition) is 3. The van der Waals surface area contributed by atoms with E-state index in [-0.39, 0.29) is 0 Å². The zero-order valence-electron chi connectivity index (χ0n) is 12.9. The Labute approximate surface area is 132 Å². The minimum absolute atomic E-state index is 0.295. The molecule has 3 rings (SSSR count). The lowest BCUT2D eigenvalue weighted by Crippen LogP contribution is -2.34. The van der Waals surface area contributed by atoms with Crippen LogP contribution in [0.25, 0.3) is 0 Å². The number of phenols is 1. The molecule has 0 radical (unpaired) electrons. The number of nitrogens with two attached hydrogens (primary N) is 1. The molecule has 3 nitrogen and oxygen atoms in total. The van der Waals surface area contributed by atoms with E-state index in [2.05, 4.69) is 35.2 Å². The van der Waals surface area contributed by atoms with Crippen LogP contribution < -0.4 is 5.73 Å². The topological polar surface area (TPSA) is 49.5 Å². The van der Waals surface area contributed by atoms with E-state index < -0.39 is 0 Å². The summed E-state index contributed by atoms with van der Waals surface area (Å²) < 4.78 is 0. The van der Waals surface area contributed by atoms with Crippen molar-refractivity contribution in [2.75, 3.05) is 18.8 Å². The van der Waals surface area contributed by atoms with Crippen LogP contribution in [0.1, 0.15) is 24.0 Å². The van der Waals surface area contributed by atoms with E-state index in [1.165, 1.54) is 24.8 Å².